The highest BCUT2D eigenvalue weighted by Crippen LogP contribution is 2.41. The summed E-state index contributed by atoms with van der Waals surface area (Å²) in [5, 5.41) is 6.46. The monoisotopic (exact) mass is 274 g/mol. The van der Waals surface area contributed by atoms with E-state index in [9.17, 15) is 4.79 Å². The van der Waals surface area contributed by atoms with Crippen LogP contribution in [0, 0.1) is 5.92 Å². The van der Waals surface area contributed by atoms with Crippen LogP contribution in [0.4, 0.5) is 0 Å². The number of rotatable bonds is 5. The summed E-state index contributed by atoms with van der Waals surface area (Å²) in [6.07, 6.45) is 3.33. The molecule has 2 aliphatic rings. The molecule has 1 aromatic rings. The maximum absolute atomic E-state index is 12.4. The van der Waals surface area contributed by atoms with Gasteiger partial charge in [0, 0.05) is 13.7 Å². The number of amides is 1. The summed E-state index contributed by atoms with van der Waals surface area (Å²) < 4.78 is 5.30. The Kier molecular flexibility index (Phi) is 4.03. The molecule has 1 heterocycles. The van der Waals surface area contributed by atoms with Gasteiger partial charge in [0.05, 0.1) is 18.2 Å². The first-order valence-electron chi connectivity index (χ1n) is 7.39. The van der Waals surface area contributed by atoms with Crippen molar-refractivity contribution >= 4 is 5.91 Å². The van der Waals surface area contributed by atoms with E-state index in [-0.39, 0.29) is 24.1 Å². The highest BCUT2D eigenvalue weighted by molar-refractivity contribution is 5.82. The zero-order valence-electron chi connectivity index (χ0n) is 11.8. The average molecular weight is 274 g/mol. The van der Waals surface area contributed by atoms with Crippen LogP contribution in [0.1, 0.15) is 30.9 Å². The summed E-state index contributed by atoms with van der Waals surface area (Å²) in [5.74, 6) is 0.700. The Bertz CT molecular complexity index is 459. The predicted molar refractivity (Wildman–Crippen MR) is 77.3 cm³/mol. The maximum atomic E-state index is 12.4. The van der Waals surface area contributed by atoms with E-state index in [4.69, 9.17) is 4.74 Å². The van der Waals surface area contributed by atoms with Crippen LogP contribution >= 0.6 is 0 Å². The molecule has 1 aliphatic carbocycles. The fourth-order valence-electron chi connectivity index (χ4n) is 2.90. The largest absolute Gasteiger partial charge is 0.380 e. The Labute approximate surface area is 119 Å². The summed E-state index contributed by atoms with van der Waals surface area (Å²) in [5.41, 5.74) is 1.21. The smallest absolute Gasteiger partial charge is 0.237 e. The Morgan fingerprint density at radius 3 is 2.70 bits per heavy atom. The van der Waals surface area contributed by atoms with E-state index in [0.717, 1.165) is 13.0 Å². The van der Waals surface area contributed by atoms with Crippen molar-refractivity contribution < 1.29 is 9.53 Å². The Balaban J connectivity index is 1.64. The average Bonchev–Trinajstić information content (AvgIpc) is 3.21. The lowest BCUT2D eigenvalue weighted by Crippen LogP contribution is -2.42. The third kappa shape index (κ3) is 3.02. The fraction of sp³-hybridized carbons (Fsp3) is 0.562. The Hall–Kier alpha value is -1.39. The highest BCUT2D eigenvalue weighted by atomic mass is 16.5. The summed E-state index contributed by atoms with van der Waals surface area (Å²) in [6.45, 7) is 0.758. The van der Waals surface area contributed by atoms with Crippen LogP contribution in [0.15, 0.2) is 30.3 Å². The van der Waals surface area contributed by atoms with Gasteiger partial charge in [0.1, 0.15) is 0 Å². The van der Waals surface area contributed by atoms with Crippen molar-refractivity contribution in [2.24, 2.45) is 5.92 Å². The van der Waals surface area contributed by atoms with Crippen LogP contribution in [0.3, 0.4) is 0 Å². The lowest BCUT2D eigenvalue weighted by Gasteiger charge is -2.21. The van der Waals surface area contributed by atoms with E-state index >= 15 is 0 Å². The van der Waals surface area contributed by atoms with Crippen LogP contribution in [-0.2, 0) is 9.53 Å². The second-order valence-corrected chi connectivity index (χ2v) is 5.79. The van der Waals surface area contributed by atoms with Gasteiger partial charge in [-0.2, -0.15) is 0 Å². The summed E-state index contributed by atoms with van der Waals surface area (Å²) in [6, 6.07) is 10.3. The molecule has 0 radical (unpaired) electrons. The molecule has 0 aromatic heterocycles. The minimum atomic E-state index is -0.120. The van der Waals surface area contributed by atoms with Crippen molar-refractivity contribution in [1.29, 1.82) is 0 Å². The standard InChI is InChI=1S/C16H22N2O2/c1-20-13-9-14(17-10-13)16(19)18-15(12-7-8-12)11-5-3-2-4-6-11/h2-6,12-15,17H,7-10H2,1H3,(H,18,19). The van der Waals surface area contributed by atoms with Gasteiger partial charge < -0.3 is 15.4 Å². The first kappa shape index (κ1) is 13.6. The van der Waals surface area contributed by atoms with E-state index in [1.165, 1.54) is 18.4 Å². The van der Waals surface area contributed by atoms with Gasteiger partial charge in [0.25, 0.3) is 0 Å². The molecule has 4 heteroatoms. The minimum Gasteiger partial charge on any atom is -0.380 e. The Morgan fingerprint density at radius 2 is 2.10 bits per heavy atom. The molecule has 2 fully saturated rings. The molecule has 4 nitrogen and oxygen atoms in total. The van der Waals surface area contributed by atoms with Crippen molar-refractivity contribution in [3.05, 3.63) is 35.9 Å². The highest BCUT2D eigenvalue weighted by Gasteiger charge is 2.36. The molecular weight excluding hydrogens is 252 g/mol. The zero-order chi connectivity index (χ0) is 13.9. The van der Waals surface area contributed by atoms with Crippen molar-refractivity contribution in [2.75, 3.05) is 13.7 Å². The van der Waals surface area contributed by atoms with Crippen LogP contribution in [0.2, 0.25) is 0 Å². The molecule has 1 saturated carbocycles. The number of benzene rings is 1. The van der Waals surface area contributed by atoms with Gasteiger partial charge in [-0.25, -0.2) is 0 Å². The van der Waals surface area contributed by atoms with Crippen molar-refractivity contribution in [1.82, 2.24) is 10.6 Å². The molecule has 2 N–H and O–H groups in total. The molecule has 1 aliphatic heterocycles. The van der Waals surface area contributed by atoms with Crippen molar-refractivity contribution in [3.63, 3.8) is 0 Å². The Morgan fingerprint density at radius 1 is 1.35 bits per heavy atom. The number of hydrogen-bond acceptors (Lipinski definition) is 3. The van der Waals surface area contributed by atoms with Gasteiger partial charge in [-0.05, 0) is 30.7 Å². The van der Waals surface area contributed by atoms with E-state index in [0.29, 0.717) is 5.92 Å². The number of nitrogens with one attached hydrogen (secondary N) is 2. The number of carbonyl (C=O) groups excluding carboxylic acids is 1. The molecule has 3 atom stereocenters. The molecule has 0 spiro atoms. The van der Waals surface area contributed by atoms with E-state index in [2.05, 4.69) is 22.8 Å². The second-order valence-electron chi connectivity index (χ2n) is 5.79. The fourth-order valence-corrected chi connectivity index (χ4v) is 2.90. The summed E-state index contributed by atoms with van der Waals surface area (Å²) in [7, 11) is 1.70. The minimum absolute atomic E-state index is 0.102. The molecule has 108 valence electrons. The van der Waals surface area contributed by atoms with E-state index in [1.54, 1.807) is 7.11 Å². The van der Waals surface area contributed by atoms with Gasteiger partial charge in [-0.3, -0.25) is 4.79 Å². The molecule has 3 rings (SSSR count). The molecule has 20 heavy (non-hydrogen) atoms. The zero-order valence-corrected chi connectivity index (χ0v) is 11.8. The van der Waals surface area contributed by atoms with Crippen LogP contribution in [0.25, 0.3) is 0 Å². The van der Waals surface area contributed by atoms with Crippen LogP contribution < -0.4 is 10.6 Å². The van der Waals surface area contributed by atoms with E-state index in [1.807, 2.05) is 18.2 Å². The van der Waals surface area contributed by atoms with Gasteiger partial charge in [-0.15, -0.1) is 0 Å². The summed E-state index contributed by atoms with van der Waals surface area (Å²) >= 11 is 0. The van der Waals surface area contributed by atoms with Crippen molar-refractivity contribution in [3.8, 4) is 0 Å². The number of hydrogen-bond donors (Lipinski definition) is 2. The van der Waals surface area contributed by atoms with Crippen molar-refractivity contribution in [2.45, 2.75) is 37.5 Å². The van der Waals surface area contributed by atoms with Crippen LogP contribution in [-0.4, -0.2) is 31.7 Å². The van der Waals surface area contributed by atoms with Gasteiger partial charge in [0.2, 0.25) is 5.91 Å². The number of carbonyl (C=O) groups is 1. The van der Waals surface area contributed by atoms with Crippen LogP contribution in [0.5, 0.6) is 0 Å². The molecule has 1 saturated heterocycles. The summed E-state index contributed by atoms with van der Waals surface area (Å²) in [4.78, 5) is 12.4. The van der Waals surface area contributed by atoms with Gasteiger partial charge in [0.15, 0.2) is 0 Å². The second kappa shape index (κ2) is 5.94. The first-order valence-corrected chi connectivity index (χ1v) is 7.39. The molecule has 0 bridgehead atoms. The SMILES string of the molecule is COC1CNC(C(=O)NC(c2ccccc2)C2CC2)C1. The first-order chi connectivity index (χ1) is 9.78. The topological polar surface area (TPSA) is 50.4 Å². The molecule has 1 amide bonds. The quantitative estimate of drug-likeness (QED) is 0.858. The third-order valence-electron chi connectivity index (χ3n) is 4.29. The third-order valence-corrected chi connectivity index (χ3v) is 4.29. The number of methoxy groups -OCH3 is 1. The molecule has 1 aromatic carbocycles. The lowest BCUT2D eigenvalue weighted by atomic mass is 10.0. The van der Waals surface area contributed by atoms with E-state index < -0.39 is 0 Å². The molecular formula is C16H22N2O2. The maximum Gasteiger partial charge on any atom is 0.237 e. The molecule has 3 unspecified atom stereocenters. The predicted octanol–water partition coefficient (Wildman–Crippen LogP) is 1.63. The van der Waals surface area contributed by atoms with Gasteiger partial charge in [-0.1, -0.05) is 30.3 Å². The van der Waals surface area contributed by atoms with Gasteiger partial charge >= 0.3 is 0 Å². The number of ether oxygens (including phenoxy) is 1. The lowest BCUT2D eigenvalue weighted by molar-refractivity contribution is -0.123. The normalized spacial score (nSPS) is 27.2.